The van der Waals surface area contributed by atoms with Gasteiger partial charge in [0.1, 0.15) is 3.23 Å². The Morgan fingerprint density at radius 2 is 1.45 bits per heavy atom. The summed E-state index contributed by atoms with van der Waals surface area (Å²) in [4.78, 5) is 8.98. The highest BCUT2D eigenvalue weighted by Gasteiger charge is 2.18. The van der Waals surface area contributed by atoms with E-state index in [9.17, 15) is 0 Å². The van der Waals surface area contributed by atoms with Crippen LogP contribution in [0.2, 0.25) is 0 Å². The van der Waals surface area contributed by atoms with Crippen LogP contribution in [0, 0.1) is 0 Å². The average Bonchev–Trinajstić information content (AvgIpc) is 1.87. The summed E-state index contributed by atoms with van der Waals surface area (Å²) in [5.41, 5.74) is 0. The lowest BCUT2D eigenvalue weighted by atomic mass is 10.5. The highest BCUT2D eigenvalue weighted by atomic mass is 79.9. The molecule has 3 nitrogen and oxygen atoms in total. The number of carbonyl (C=O) groups excluding carboxylic acids is 1. The van der Waals surface area contributed by atoms with E-state index in [2.05, 4.69) is 55.1 Å². The van der Waals surface area contributed by atoms with Crippen molar-refractivity contribution in [2.75, 3.05) is 13.2 Å². The molecule has 0 aliphatic rings. The van der Waals surface area contributed by atoms with Crippen LogP contribution in [0.1, 0.15) is 0 Å². The van der Waals surface area contributed by atoms with Crippen LogP contribution >= 0.6 is 55.1 Å². The van der Waals surface area contributed by atoms with Gasteiger partial charge in [-0.15, -0.1) is 0 Å². The van der Waals surface area contributed by atoms with Gasteiger partial charge in [-0.25, -0.2) is 0 Å². The largest absolute Gasteiger partial charge is 0.394 e. The number of carbonyl (C=O) groups is 1. The zero-order valence-electron chi connectivity index (χ0n) is 5.23. The van der Waals surface area contributed by atoms with Crippen LogP contribution in [0.25, 0.3) is 0 Å². The molecule has 0 radical (unpaired) electrons. The lowest BCUT2D eigenvalue weighted by Crippen LogP contribution is -2.21. The van der Waals surface area contributed by atoms with Crippen molar-refractivity contribution in [2.24, 2.45) is 0 Å². The zero-order chi connectivity index (χ0) is 9.49. The maximum absolute atomic E-state index is 8.98. The van der Waals surface area contributed by atoms with Crippen molar-refractivity contribution in [3.8, 4) is 0 Å². The molecule has 0 bridgehead atoms. The van der Waals surface area contributed by atoms with Crippen LogP contribution in [-0.2, 0) is 0 Å². The average molecular weight is 333 g/mol. The van der Waals surface area contributed by atoms with E-state index < -0.39 is 7.94 Å². The van der Waals surface area contributed by atoms with Gasteiger partial charge in [0.15, 0.2) is 0 Å². The van der Waals surface area contributed by atoms with Gasteiger partial charge in [0.25, 0.3) is 0 Å². The van der Waals surface area contributed by atoms with E-state index in [1.165, 1.54) is 0 Å². The Kier molecular flexibility index (Phi) is 10.3. The van der Waals surface area contributed by atoms with Gasteiger partial charge in [-0.05, 0) is 23.2 Å². The molecule has 0 fully saturated rings. The summed E-state index contributed by atoms with van der Waals surface area (Å²) in [7, 11) is 0. The van der Waals surface area contributed by atoms with E-state index >= 15 is 0 Å². The fourth-order valence-electron chi connectivity index (χ4n) is 0.0500. The van der Waals surface area contributed by atoms with Gasteiger partial charge in [-0.1, -0.05) is 31.9 Å². The topological polar surface area (TPSA) is 57.5 Å². The first-order valence-electron chi connectivity index (χ1n) is 2.30. The van der Waals surface area contributed by atoms with Crippen molar-refractivity contribution in [1.29, 1.82) is 0 Å². The van der Waals surface area contributed by atoms with Crippen LogP contribution in [0.4, 0.5) is 4.79 Å². The molecule has 0 spiro atoms. The smallest absolute Gasteiger partial charge is 0.313 e. The maximum atomic E-state index is 8.98. The molecule has 0 amide bonds. The predicted molar refractivity (Wildman–Crippen MR) is 51.9 cm³/mol. The molecule has 0 heterocycles. The first-order valence-corrected chi connectivity index (χ1v) is 4.64. The molecular formula is C4H6Br2Cl2O3. The van der Waals surface area contributed by atoms with Gasteiger partial charge < -0.3 is 10.2 Å². The van der Waals surface area contributed by atoms with Crippen LogP contribution in [-0.4, -0.2) is 31.4 Å². The Morgan fingerprint density at radius 1 is 1.27 bits per heavy atom. The molecule has 0 saturated heterocycles. The lowest BCUT2D eigenvalue weighted by molar-refractivity contribution is 0.221. The summed E-state index contributed by atoms with van der Waals surface area (Å²) in [6, 6.07) is 0. The minimum Gasteiger partial charge on any atom is -0.394 e. The summed E-state index contributed by atoms with van der Waals surface area (Å²) in [5, 5.41) is 16.7. The van der Waals surface area contributed by atoms with Crippen LogP contribution < -0.4 is 0 Å². The number of hydrogen-bond acceptors (Lipinski definition) is 3. The maximum Gasteiger partial charge on any atom is 0.313 e. The number of rotatable bonds is 2. The summed E-state index contributed by atoms with van der Waals surface area (Å²) in [6.07, 6.45) is 0. The summed E-state index contributed by atoms with van der Waals surface area (Å²) in [6.45, 7) is -0.243. The minimum atomic E-state index is -0.889. The van der Waals surface area contributed by atoms with Gasteiger partial charge in [0.2, 0.25) is 0 Å². The predicted octanol–water partition coefficient (Wildman–Crippen LogP) is 2.04. The van der Waals surface area contributed by atoms with E-state index in [1.807, 2.05) is 0 Å². The second kappa shape index (κ2) is 7.76. The number of alkyl halides is 2. The highest BCUT2D eigenvalue weighted by molar-refractivity contribution is 9.25. The quantitative estimate of drug-likeness (QED) is 0.601. The van der Waals surface area contributed by atoms with Crippen LogP contribution in [0.5, 0.6) is 0 Å². The Morgan fingerprint density at radius 3 is 1.45 bits per heavy atom. The van der Waals surface area contributed by atoms with Crippen LogP contribution in [0.3, 0.4) is 0 Å². The Hall–Kier alpha value is 1.13. The van der Waals surface area contributed by atoms with Crippen molar-refractivity contribution >= 4 is 59.8 Å². The third kappa shape index (κ3) is 18.2. The van der Waals surface area contributed by atoms with Gasteiger partial charge in [0.05, 0.1) is 13.2 Å². The molecule has 7 heteroatoms. The number of aliphatic hydroxyl groups excluding tert-OH is 2. The van der Waals surface area contributed by atoms with Crippen molar-refractivity contribution in [1.82, 2.24) is 0 Å². The van der Waals surface area contributed by atoms with Crippen LogP contribution in [0.15, 0.2) is 0 Å². The molecule has 0 aliphatic heterocycles. The minimum absolute atomic E-state index is 0.122. The van der Waals surface area contributed by atoms with Gasteiger partial charge >= 0.3 is 4.70 Å². The molecule has 0 aliphatic carbocycles. The normalized spacial score (nSPS) is 10.0. The fourth-order valence-corrected chi connectivity index (χ4v) is 0.0500. The van der Waals surface area contributed by atoms with Gasteiger partial charge in [-0.3, -0.25) is 4.79 Å². The number of hydrogen-bond donors (Lipinski definition) is 2. The first kappa shape index (κ1) is 14.6. The molecule has 0 aromatic heterocycles. The SMILES string of the molecule is O=C(Cl)Cl.OCC(Br)(Br)CO. The standard InChI is InChI=1S/C3H6Br2O2.CCl2O/c4-3(5,1-6)2-7;2-1(3)4/h6-7H,1-2H2;. The van der Waals surface area contributed by atoms with E-state index in [-0.39, 0.29) is 13.2 Å². The third-order valence-electron chi connectivity index (χ3n) is 0.463. The van der Waals surface area contributed by atoms with E-state index in [0.717, 1.165) is 0 Å². The summed E-state index contributed by atoms with van der Waals surface area (Å²) in [5.74, 6) is 0. The molecule has 0 atom stereocenters. The molecule has 11 heavy (non-hydrogen) atoms. The Labute approximate surface area is 90.9 Å². The molecule has 0 rings (SSSR count). The first-order chi connectivity index (χ1) is 4.85. The van der Waals surface area contributed by atoms with E-state index in [1.54, 1.807) is 0 Å². The molecule has 0 aromatic carbocycles. The fraction of sp³-hybridized carbons (Fsp3) is 0.750. The molecule has 68 valence electrons. The molecule has 0 saturated carbocycles. The summed E-state index contributed by atoms with van der Waals surface area (Å²) >= 11 is 14.8. The molecule has 0 unspecified atom stereocenters. The van der Waals surface area contributed by atoms with Gasteiger partial charge in [-0.2, -0.15) is 0 Å². The lowest BCUT2D eigenvalue weighted by Gasteiger charge is -2.11. The van der Waals surface area contributed by atoms with E-state index in [4.69, 9.17) is 15.0 Å². The molecular weight excluding hydrogens is 327 g/mol. The monoisotopic (exact) mass is 330 g/mol. The van der Waals surface area contributed by atoms with E-state index in [0.29, 0.717) is 0 Å². The summed E-state index contributed by atoms with van der Waals surface area (Å²) < 4.78 is -1.57. The molecule has 0 aromatic rings. The van der Waals surface area contributed by atoms with Crippen molar-refractivity contribution in [3.05, 3.63) is 0 Å². The van der Waals surface area contributed by atoms with Crippen molar-refractivity contribution < 1.29 is 15.0 Å². The number of halogens is 4. The molecule has 2 N–H and O–H groups in total. The Balaban J connectivity index is 0. The second-order valence-corrected chi connectivity index (χ2v) is 6.38. The number of aliphatic hydroxyl groups is 2. The van der Waals surface area contributed by atoms with Crippen molar-refractivity contribution in [2.45, 2.75) is 3.23 Å². The zero-order valence-corrected chi connectivity index (χ0v) is 9.91. The van der Waals surface area contributed by atoms with Gasteiger partial charge in [0, 0.05) is 0 Å². The highest BCUT2D eigenvalue weighted by Crippen LogP contribution is 2.23. The Bertz CT molecular complexity index is 110. The van der Waals surface area contributed by atoms with Crippen molar-refractivity contribution in [3.63, 3.8) is 0 Å². The second-order valence-electron chi connectivity index (χ2n) is 1.40. The third-order valence-corrected chi connectivity index (χ3v) is 1.47.